The molecule has 2 heteroatoms. The summed E-state index contributed by atoms with van der Waals surface area (Å²) < 4.78 is 89.0. The van der Waals surface area contributed by atoms with Crippen molar-refractivity contribution in [3.05, 3.63) is 206 Å². The molecule has 0 N–H and O–H groups in total. The molecule has 0 bridgehead atoms. The molecule has 10 aromatic carbocycles. The van der Waals surface area contributed by atoms with Crippen LogP contribution in [0.2, 0.25) is 0 Å². The van der Waals surface area contributed by atoms with Crippen LogP contribution in [-0.2, 0) is 0 Å². The average molecular weight is 764 g/mol. The maximum absolute atomic E-state index is 9.53. The van der Waals surface area contributed by atoms with Crippen molar-refractivity contribution < 1.29 is 16.8 Å². The summed E-state index contributed by atoms with van der Waals surface area (Å²) in [7, 11) is 0. The number of thiophene rings is 1. The molecular weight excluding hydrogens is 721 g/mol. The van der Waals surface area contributed by atoms with Crippen LogP contribution in [0, 0.1) is 0 Å². The van der Waals surface area contributed by atoms with Gasteiger partial charge in [0.25, 0.3) is 0 Å². The highest BCUT2D eigenvalue weighted by Gasteiger charge is 2.22. The molecule has 0 unspecified atom stereocenters. The highest BCUT2D eigenvalue weighted by atomic mass is 32.1. The molecule has 12 rings (SSSR count). The Morgan fingerprint density at radius 1 is 0.397 bits per heavy atom. The van der Waals surface area contributed by atoms with E-state index >= 15 is 0 Å². The van der Waals surface area contributed by atoms with Crippen LogP contribution < -0.4 is 0 Å². The van der Waals surface area contributed by atoms with Crippen molar-refractivity contribution in [2.45, 2.75) is 0 Å². The molecule has 0 saturated carbocycles. The Labute approximate surface area is 352 Å². The lowest BCUT2D eigenvalue weighted by atomic mass is 9.84. The molecule has 270 valence electrons. The molecule has 12 aromatic rings. The summed E-state index contributed by atoms with van der Waals surface area (Å²) >= 11 is 1.65. The molecular formula is C56H34OS. The van der Waals surface area contributed by atoms with Gasteiger partial charge >= 0.3 is 0 Å². The van der Waals surface area contributed by atoms with Gasteiger partial charge < -0.3 is 4.42 Å². The van der Waals surface area contributed by atoms with Crippen LogP contribution in [0.3, 0.4) is 0 Å². The summed E-state index contributed by atoms with van der Waals surface area (Å²) in [6, 6.07) is 46.9. The average Bonchev–Trinajstić information content (AvgIpc) is 3.98. The first kappa shape index (κ1) is 25.1. The van der Waals surface area contributed by atoms with Crippen molar-refractivity contribution in [1.82, 2.24) is 0 Å². The van der Waals surface area contributed by atoms with E-state index in [-0.39, 0.29) is 34.0 Å². The summed E-state index contributed by atoms with van der Waals surface area (Å²) in [5.41, 5.74) is 7.27. The zero-order valence-electron chi connectivity index (χ0n) is 39.8. The van der Waals surface area contributed by atoms with Gasteiger partial charge in [0.1, 0.15) is 11.3 Å². The standard InChI is InChI=1S/C56H34OS/c1-3-15-35(16-4-1)39-31-37-19-7-8-20-41(37)49(33-39)51-34-40-32-38(27-30-50(40)57-51)42-28-29-48(55-47-25-13-14-26-52(47)58-56(42)55)54-45-23-11-9-21-43(45)53(36-17-5-2-6-18-36)44-22-10-12-24-46(44)54/h1-34H/i2D,5D,6D,9D,11D,17D,18D,21D,23D. The van der Waals surface area contributed by atoms with Gasteiger partial charge in [-0.15, -0.1) is 11.3 Å². The topological polar surface area (TPSA) is 13.1 Å². The lowest BCUT2D eigenvalue weighted by Crippen LogP contribution is -1.91. The quantitative estimate of drug-likeness (QED) is 0.159. The summed E-state index contributed by atoms with van der Waals surface area (Å²) in [6.07, 6.45) is 0. The Morgan fingerprint density at radius 2 is 1.05 bits per heavy atom. The van der Waals surface area contributed by atoms with Crippen LogP contribution in [0.4, 0.5) is 0 Å². The Hall–Kier alpha value is -7.26. The van der Waals surface area contributed by atoms with Crippen LogP contribution >= 0.6 is 11.3 Å². The monoisotopic (exact) mass is 763 g/mol. The lowest BCUT2D eigenvalue weighted by Gasteiger charge is -2.19. The highest BCUT2D eigenvalue weighted by molar-refractivity contribution is 7.26. The van der Waals surface area contributed by atoms with Gasteiger partial charge in [-0.3, -0.25) is 0 Å². The highest BCUT2D eigenvalue weighted by Crippen LogP contribution is 2.50. The third kappa shape index (κ3) is 5.16. The van der Waals surface area contributed by atoms with Crippen LogP contribution in [0.1, 0.15) is 12.3 Å². The van der Waals surface area contributed by atoms with E-state index < -0.39 is 42.3 Å². The number of hydrogen-bond acceptors (Lipinski definition) is 2. The molecule has 0 aliphatic heterocycles. The second-order valence-corrected chi connectivity index (χ2v) is 15.5. The van der Waals surface area contributed by atoms with E-state index in [1.165, 1.54) is 0 Å². The molecule has 0 aliphatic carbocycles. The van der Waals surface area contributed by atoms with Crippen molar-refractivity contribution in [3.63, 3.8) is 0 Å². The Balaban J connectivity index is 1.12. The first-order valence-electron chi connectivity index (χ1n) is 23.6. The molecule has 0 atom stereocenters. The zero-order chi connectivity index (χ0) is 46.0. The van der Waals surface area contributed by atoms with Gasteiger partial charge in [0, 0.05) is 31.1 Å². The summed E-state index contributed by atoms with van der Waals surface area (Å²) in [4.78, 5) is 0. The second kappa shape index (κ2) is 13.2. The number of fused-ring (bicyclic) bond motifs is 7. The number of furan rings is 1. The third-order valence-electron chi connectivity index (χ3n) is 11.3. The molecule has 0 saturated heterocycles. The molecule has 2 aromatic heterocycles. The molecule has 0 aliphatic rings. The van der Waals surface area contributed by atoms with E-state index in [0.29, 0.717) is 16.3 Å². The fourth-order valence-electron chi connectivity index (χ4n) is 8.71. The molecule has 0 fully saturated rings. The first-order valence-corrected chi connectivity index (χ1v) is 19.9. The second-order valence-electron chi connectivity index (χ2n) is 14.5. The molecule has 58 heavy (non-hydrogen) atoms. The van der Waals surface area contributed by atoms with Gasteiger partial charge in [-0.05, 0) is 113 Å². The van der Waals surface area contributed by atoms with Gasteiger partial charge in [0.15, 0.2) is 0 Å². The Kier molecular flexibility index (Phi) is 5.69. The van der Waals surface area contributed by atoms with Gasteiger partial charge in [-0.25, -0.2) is 0 Å². The lowest BCUT2D eigenvalue weighted by molar-refractivity contribution is 0.632. The number of hydrogen-bond donors (Lipinski definition) is 0. The van der Waals surface area contributed by atoms with Crippen LogP contribution in [0.5, 0.6) is 0 Å². The minimum Gasteiger partial charge on any atom is -0.456 e. The maximum atomic E-state index is 9.53. The van der Waals surface area contributed by atoms with Crippen molar-refractivity contribution >= 4 is 74.8 Å². The normalized spacial score (nSPS) is 14.0. The Bertz CT molecular complexity index is 4070. The minimum atomic E-state index is -0.549. The summed E-state index contributed by atoms with van der Waals surface area (Å²) in [5, 5.41) is 6.42. The summed E-state index contributed by atoms with van der Waals surface area (Å²) in [6.45, 7) is 0. The third-order valence-corrected chi connectivity index (χ3v) is 12.5. The predicted molar refractivity (Wildman–Crippen MR) is 249 cm³/mol. The SMILES string of the molecule is [2H]c1c([2H])c([2H])c(-c2c3ccccc3c(-c3ccc(-c4ccc5oc(-c6cc(-c7ccccc7)cc7ccccc67)cc5c4)c4sc5ccccc5c34)c3c([2H])c([2H])c([2H])c([2H])c23)c([2H])c1[2H]. The van der Waals surface area contributed by atoms with Crippen molar-refractivity contribution in [2.75, 3.05) is 0 Å². The molecule has 0 spiro atoms. The first-order chi connectivity index (χ1) is 32.5. The smallest absolute Gasteiger partial charge is 0.136 e. The van der Waals surface area contributed by atoms with Crippen molar-refractivity contribution in [1.29, 1.82) is 0 Å². The van der Waals surface area contributed by atoms with Gasteiger partial charge in [0.2, 0.25) is 0 Å². The Morgan fingerprint density at radius 3 is 1.88 bits per heavy atom. The van der Waals surface area contributed by atoms with E-state index in [2.05, 4.69) is 78.9 Å². The van der Waals surface area contributed by atoms with Gasteiger partial charge in [0.05, 0.1) is 12.3 Å². The predicted octanol–water partition coefficient (Wildman–Crippen LogP) is 16.6. The molecule has 2 heterocycles. The molecule has 0 amide bonds. The maximum Gasteiger partial charge on any atom is 0.136 e. The van der Waals surface area contributed by atoms with Crippen LogP contribution in [0.25, 0.3) is 119 Å². The number of benzene rings is 10. The van der Waals surface area contributed by atoms with E-state index in [1.807, 2.05) is 60.7 Å². The van der Waals surface area contributed by atoms with Crippen molar-refractivity contribution in [2.24, 2.45) is 0 Å². The van der Waals surface area contributed by atoms with Gasteiger partial charge in [-0.1, -0.05) is 170 Å². The molecule has 1 nitrogen and oxygen atoms in total. The number of rotatable bonds is 5. The largest absolute Gasteiger partial charge is 0.456 e. The molecule has 0 radical (unpaired) electrons. The summed E-state index contributed by atoms with van der Waals surface area (Å²) in [5.74, 6) is 0.763. The fourth-order valence-corrected chi connectivity index (χ4v) is 9.97. The fraction of sp³-hybridized carbons (Fsp3) is 0. The van der Waals surface area contributed by atoms with E-state index in [9.17, 15) is 2.74 Å². The van der Waals surface area contributed by atoms with Crippen LogP contribution in [-0.4, -0.2) is 0 Å². The zero-order valence-corrected chi connectivity index (χ0v) is 31.6. The van der Waals surface area contributed by atoms with Crippen LogP contribution in [0.15, 0.2) is 210 Å². The van der Waals surface area contributed by atoms with Gasteiger partial charge in [-0.2, -0.15) is 0 Å². The van der Waals surface area contributed by atoms with E-state index in [0.717, 1.165) is 81.1 Å². The van der Waals surface area contributed by atoms with E-state index in [4.69, 9.17) is 14.0 Å². The van der Waals surface area contributed by atoms with Crippen molar-refractivity contribution in [3.8, 4) is 55.8 Å². The minimum absolute atomic E-state index is 0.0817. The van der Waals surface area contributed by atoms with E-state index in [1.54, 1.807) is 23.5 Å².